The van der Waals surface area contributed by atoms with E-state index in [4.69, 9.17) is 0 Å². The Balaban J connectivity index is 4.10. The van der Waals surface area contributed by atoms with E-state index in [0.29, 0.717) is 6.42 Å². The predicted molar refractivity (Wildman–Crippen MR) is 46.9 cm³/mol. The quantitative estimate of drug-likeness (QED) is 0.528. The van der Waals surface area contributed by atoms with Gasteiger partial charge in [0.05, 0.1) is 0 Å². The van der Waals surface area contributed by atoms with Gasteiger partial charge in [-0.3, -0.25) is 4.79 Å². The second-order valence-corrected chi connectivity index (χ2v) is 3.26. The summed E-state index contributed by atoms with van der Waals surface area (Å²) in [6, 6.07) is 0. The molecule has 0 aliphatic carbocycles. The summed E-state index contributed by atoms with van der Waals surface area (Å²) >= 11 is 0. The maximum absolute atomic E-state index is 11.1. The molecule has 0 bridgehead atoms. The molecule has 0 saturated carbocycles. The zero-order valence-corrected chi connectivity index (χ0v) is 8.29. The fourth-order valence-electron chi connectivity index (χ4n) is 0.864. The van der Waals surface area contributed by atoms with E-state index in [1.54, 1.807) is 0 Å². The van der Waals surface area contributed by atoms with Crippen LogP contribution in [-0.4, -0.2) is 22.6 Å². The molecule has 0 aromatic rings. The third-order valence-electron chi connectivity index (χ3n) is 1.69. The Kier molecular flexibility index (Phi) is 4.62. The van der Waals surface area contributed by atoms with Crippen LogP contribution in [0.1, 0.15) is 40.0 Å². The highest BCUT2D eigenvalue weighted by molar-refractivity contribution is 5.89. The van der Waals surface area contributed by atoms with Gasteiger partial charge < -0.3 is 9.84 Å². The van der Waals surface area contributed by atoms with Crippen LogP contribution in [-0.2, 0) is 14.3 Å². The SMILES string of the molecule is CCCCC(C)(O)C(=O)OC(C)=O. The molecule has 0 heterocycles. The van der Waals surface area contributed by atoms with E-state index in [-0.39, 0.29) is 0 Å². The van der Waals surface area contributed by atoms with Crippen LogP contribution in [0, 0.1) is 0 Å². The standard InChI is InChI=1S/C9H16O4/c1-4-5-6-9(3,12)8(11)13-7(2)10/h12H,4-6H2,1-3H3. The number of unbranched alkanes of at least 4 members (excludes halogenated alkanes) is 1. The number of esters is 2. The molecular formula is C9H16O4. The molecule has 0 aromatic heterocycles. The molecule has 1 unspecified atom stereocenters. The minimum atomic E-state index is -1.54. The number of aliphatic hydroxyl groups is 1. The Morgan fingerprint density at radius 3 is 2.38 bits per heavy atom. The van der Waals surface area contributed by atoms with Gasteiger partial charge in [0.2, 0.25) is 0 Å². The highest BCUT2D eigenvalue weighted by atomic mass is 16.6. The van der Waals surface area contributed by atoms with Crippen molar-refractivity contribution in [1.29, 1.82) is 0 Å². The fraction of sp³-hybridized carbons (Fsp3) is 0.778. The van der Waals surface area contributed by atoms with Gasteiger partial charge in [-0.2, -0.15) is 0 Å². The normalized spacial score (nSPS) is 14.8. The highest BCUT2D eigenvalue weighted by Gasteiger charge is 2.32. The van der Waals surface area contributed by atoms with Crippen molar-refractivity contribution < 1.29 is 19.4 Å². The molecule has 1 N–H and O–H groups in total. The molecule has 0 aliphatic heterocycles. The van der Waals surface area contributed by atoms with Crippen LogP contribution < -0.4 is 0 Å². The van der Waals surface area contributed by atoms with Crippen molar-refractivity contribution in [3.8, 4) is 0 Å². The van der Waals surface area contributed by atoms with Gasteiger partial charge in [0, 0.05) is 6.92 Å². The van der Waals surface area contributed by atoms with Crippen molar-refractivity contribution in [3.05, 3.63) is 0 Å². The molecule has 76 valence electrons. The average Bonchev–Trinajstić information content (AvgIpc) is 1.99. The predicted octanol–water partition coefficient (Wildman–Crippen LogP) is 1.02. The number of carbonyl (C=O) groups excluding carboxylic acids is 2. The molecule has 4 heteroatoms. The van der Waals surface area contributed by atoms with E-state index in [1.807, 2.05) is 6.92 Å². The molecule has 0 fully saturated rings. The maximum Gasteiger partial charge on any atom is 0.345 e. The van der Waals surface area contributed by atoms with Crippen molar-refractivity contribution in [2.75, 3.05) is 0 Å². The summed E-state index contributed by atoms with van der Waals surface area (Å²) in [7, 11) is 0. The molecule has 0 radical (unpaired) electrons. The lowest BCUT2D eigenvalue weighted by atomic mass is 10.00. The van der Waals surface area contributed by atoms with E-state index in [2.05, 4.69) is 4.74 Å². The first-order valence-electron chi connectivity index (χ1n) is 4.35. The summed E-state index contributed by atoms with van der Waals surface area (Å²) in [6.07, 6.45) is 1.92. The second kappa shape index (κ2) is 4.97. The Morgan fingerprint density at radius 2 is 2.00 bits per heavy atom. The first kappa shape index (κ1) is 12.1. The number of rotatable bonds is 4. The number of carbonyl (C=O) groups is 2. The van der Waals surface area contributed by atoms with Crippen LogP contribution in [0.25, 0.3) is 0 Å². The monoisotopic (exact) mass is 188 g/mol. The number of hydrogen-bond donors (Lipinski definition) is 1. The van der Waals surface area contributed by atoms with Crippen molar-refractivity contribution in [2.45, 2.75) is 45.6 Å². The van der Waals surface area contributed by atoms with Gasteiger partial charge in [-0.05, 0) is 13.3 Å². The van der Waals surface area contributed by atoms with Crippen molar-refractivity contribution in [1.82, 2.24) is 0 Å². The summed E-state index contributed by atoms with van der Waals surface area (Å²) in [6.45, 7) is 4.44. The third-order valence-corrected chi connectivity index (χ3v) is 1.69. The first-order valence-corrected chi connectivity index (χ1v) is 4.35. The van der Waals surface area contributed by atoms with Gasteiger partial charge in [0.25, 0.3) is 0 Å². The molecule has 0 aromatic carbocycles. The molecule has 4 nitrogen and oxygen atoms in total. The van der Waals surface area contributed by atoms with E-state index in [9.17, 15) is 14.7 Å². The maximum atomic E-state index is 11.1. The van der Waals surface area contributed by atoms with Gasteiger partial charge >= 0.3 is 11.9 Å². The summed E-state index contributed by atoms with van der Waals surface area (Å²) in [5, 5.41) is 9.54. The molecule has 0 rings (SSSR count). The zero-order chi connectivity index (χ0) is 10.5. The molecule has 13 heavy (non-hydrogen) atoms. The Morgan fingerprint density at radius 1 is 1.46 bits per heavy atom. The van der Waals surface area contributed by atoms with E-state index in [0.717, 1.165) is 19.8 Å². The highest BCUT2D eigenvalue weighted by Crippen LogP contribution is 2.15. The summed E-state index contributed by atoms with van der Waals surface area (Å²) in [4.78, 5) is 21.5. The van der Waals surface area contributed by atoms with Crippen LogP contribution in [0.4, 0.5) is 0 Å². The van der Waals surface area contributed by atoms with Crippen LogP contribution >= 0.6 is 0 Å². The molecule has 0 spiro atoms. The zero-order valence-electron chi connectivity index (χ0n) is 8.29. The summed E-state index contributed by atoms with van der Waals surface area (Å²) in [5.41, 5.74) is -1.54. The lowest BCUT2D eigenvalue weighted by molar-refractivity contribution is -0.172. The minimum Gasteiger partial charge on any atom is -0.391 e. The molecule has 0 saturated heterocycles. The third kappa shape index (κ3) is 4.62. The van der Waals surface area contributed by atoms with Crippen LogP contribution in [0.2, 0.25) is 0 Å². The van der Waals surface area contributed by atoms with Gasteiger partial charge in [-0.15, -0.1) is 0 Å². The van der Waals surface area contributed by atoms with E-state index in [1.165, 1.54) is 6.92 Å². The molecular weight excluding hydrogens is 172 g/mol. The van der Waals surface area contributed by atoms with Crippen molar-refractivity contribution in [2.24, 2.45) is 0 Å². The van der Waals surface area contributed by atoms with Crippen LogP contribution in [0.5, 0.6) is 0 Å². The van der Waals surface area contributed by atoms with E-state index < -0.39 is 17.5 Å². The Bertz CT molecular complexity index is 196. The second-order valence-electron chi connectivity index (χ2n) is 3.26. The van der Waals surface area contributed by atoms with Gasteiger partial charge in [0.15, 0.2) is 5.60 Å². The van der Waals surface area contributed by atoms with Crippen molar-refractivity contribution in [3.63, 3.8) is 0 Å². The topological polar surface area (TPSA) is 63.6 Å². The van der Waals surface area contributed by atoms with Crippen molar-refractivity contribution >= 4 is 11.9 Å². The minimum absolute atomic E-state index is 0.315. The smallest absolute Gasteiger partial charge is 0.345 e. The average molecular weight is 188 g/mol. The molecule has 1 atom stereocenters. The fourth-order valence-corrected chi connectivity index (χ4v) is 0.864. The summed E-state index contributed by atoms with van der Waals surface area (Å²) in [5.74, 6) is -1.56. The van der Waals surface area contributed by atoms with Gasteiger partial charge in [-0.25, -0.2) is 4.79 Å². The Hall–Kier alpha value is -0.900. The summed E-state index contributed by atoms with van der Waals surface area (Å²) < 4.78 is 4.28. The lowest BCUT2D eigenvalue weighted by Gasteiger charge is -2.19. The van der Waals surface area contributed by atoms with Gasteiger partial charge in [0.1, 0.15) is 0 Å². The van der Waals surface area contributed by atoms with Gasteiger partial charge in [-0.1, -0.05) is 19.8 Å². The lowest BCUT2D eigenvalue weighted by Crippen LogP contribution is -2.37. The van der Waals surface area contributed by atoms with E-state index >= 15 is 0 Å². The first-order chi connectivity index (χ1) is 5.90. The Labute approximate surface area is 77.9 Å². The molecule has 0 amide bonds. The van der Waals surface area contributed by atoms with Crippen LogP contribution in [0.15, 0.2) is 0 Å². The number of ether oxygens (including phenoxy) is 1. The van der Waals surface area contributed by atoms with Crippen LogP contribution in [0.3, 0.4) is 0 Å². The number of hydrogen-bond acceptors (Lipinski definition) is 4. The largest absolute Gasteiger partial charge is 0.391 e. The molecule has 0 aliphatic rings.